The molecule has 1 saturated carbocycles. The van der Waals surface area contributed by atoms with Crippen molar-refractivity contribution in [2.45, 2.75) is 51.7 Å². The van der Waals surface area contributed by atoms with Crippen molar-refractivity contribution in [1.29, 1.82) is 0 Å². The van der Waals surface area contributed by atoms with E-state index in [1.54, 1.807) is 12.3 Å². The first kappa shape index (κ1) is 17.4. The Labute approximate surface area is 146 Å². The van der Waals surface area contributed by atoms with Crippen LogP contribution in [-0.2, 0) is 4.74 Å². The maximum Gasteiger partial charge on any atom is 0.407 e. The van der Waals surface area contributed by atoms with E-state index in [2.05, 4.69) is 10.3 Å². The number of carbonyl (C=O) groups is 1. The number of amides is 1. The summed E-state index contributed by atoms with van der Waals surface area (Å²) in [6, 6.07) is 1.58. The van der Waals surface area contributed by atoms with E-state index >= 15 is 0 Å². The summed E-state index contributed by atoms with van der Waals surface area (Å²) in [5, 5.41) is 14.3. The van der Waals surface area contributed by atoms with Crippen LogP contribution in [-0.4, -0.2) is 40.7 Å². The van der Waals surface area contributed by atoms with Crippen LogP contribution in [0.4, 0.5) is 16.2 Å². The highest BCUT2D eigenvalue weighted by atomic mass is 16.6. The van der Waals surface area contributed by atoms with Gasteiger partial charge in [-0.05, 0) is 51.5 Å². The number of alkyl carbamates (subject to hydrolysis) is 1. The van der Waals surface area contributed by atoms with Gasteiger partial charge in [0.25, 0.3) is 0 Å². The molecule has 3 rings (SSSR count). The molecule has 136 valence electrons. The van der Waals surface area contributed by atoms with Crippen molar-refractivity contribution in [3.8, 4) is 0 Å². The summed E-state index contributed by atoms with van der Waals surface area (Å²) in [6.45, 7) is 6.74. The lowest BCUT2D eigenvalue weighted by atomic mass is 9.88. The van der Waals surface area contributed by atoms with Crippen molar-refractivity contribution in [2.75, 3.05) is 18.0 Å². The highest BCUT2D eigenvalue weighted by Gasteiger charge is 2.53. The van der Waals surface area contributed by atoms with E-state index in [0.29, 0.717) is 12.2 Å². The second kappa shape index (κ2) is 6.16. The van der Waals surface area contributed by atoms with Crippen LogP contribution in [0, 0.1) is 15.5 Å². The van der Waals surface area contributed by atoms with Gasteiger partial charge in [0.1, 0.15) is 17.5 Å². The molecule has 1 atom stereocenters. The van der Waals surface area contributed by atoms with E-state index in [1.807, 2.05) is 25.7 Å². The zero-order valence-corrected chi connectivity index (χ0v) is 14.8. The average molecular weight is 348 g/mol. The monoisotopic (exact) mass is 348 g/mol. The first-order valence-electron chi connectivity index (χ1n) is 8.53. The minimum atomic E-state index is -0.557. The third kappa shape index (κ3) is 3.83. The Morgan fingerprint density at radius 3 is 2.76 bits per heavy atom. The normalized spacial score (nSPS) is 21.7. The number of nitrogens with one attached hydrogen (secondary N) is 1. The molecule has 1 aliphatic carbocycles. The Balaban J connectivity index is 1.76. The molecular formula is C17H24N4O4. The van der Waals surface area contributed by atoms with Crippen LogP contribution in [0.25, 0.3) is 0 Å². The number of hydrogen-bond acceptors (Lipinski definition) is 6. The Bertz CT molecular complexity index is 681. The molecule has 1 spiro atoms. The number of hydrogen-bond donors (Lipinski definition) is 1. The van der Waals surface area contributed by atoms with Crippen LogP contribution < -0.4 is 10.2 Å². The predicted octanol–water partition coefficient (Wildman–Crippen LogP) is 2.87. The molecule has 0 radical (unpaired) electrons. The highest BCUT2D eigenvalue weighted by Crippen LogP contribution is 2.54. The number of ether oxygens (including phenoxy) is 1. The first-order chi connectivity index (χ1) is 11.7. The minimum Gasteiger partial charge on any atom is -0.444 e. The second-order valence-electron chi connectivity index (χ2n) is 7.88. The zero-order valence-electron chi connectivity index (χ0n) is 14.8. The SMILES string of the molecule is CC(C)(C)OC(=O)N[C@@H]1CN(c2ccncc2[N+](=O)[O-])CCC12CC2. The van der Waals surface area contributed by atoms with Crippen molar-refractivity contribution in [3.63, 3.8) is 0 Å². The Morgan fingerprint density at radius 1 is 1.44 bits per heavy atom. The number of rotatable bonds is 3. The smallest absolute Gasteiger partial charge is 0.407 e. The molecule has 1 aromatic rings. The van der Waals surface area contributed by atoms with E-state index in [4.69, 9.17) is 4.74 Å². The molecule has 1 saturated heterocycles. The number of aromatic nitrogens is 1. The van der Waals surface area contributed by atoms with Crippen LogP contribution >= 0.6 is 0 Å². The van der Waals surface area contributed by atoms with Gasteiger partial charge in [-0.3, -0.25) is 15.1 Å². The van der Waals surface area contributed by atoms with Gasteiger partial charge in [-0.15, -0.1) is 0 Å². The van der Waals surface area contributed by atoms with Gasteiger partial charge in [-0.1, -0.05) is 0 Å². The number of anilines is 1. The van der Waals surface area contributed by atoms with Gasteiger partial charge >= 0.3 is 11.8 Å². The molecule has 1 amide bonds. The van der Waals surface area contributed by atoms with Crippen LogP contribution in [0.1, 0.15) is 40.0 Å². The van der Waals surface area contributed by atoms with Gasteiger partial charge in [0.05, 0.1) is 11.0 Å². The third-order valence-electron chi connectivity index (χ3n) is 4.92. The number of carbonyl (C=O) groups excluding carboxylic acids is 1. The lowest BCUT2D eigenvalue weighted by Crippen LogP contribution is -2.54. The van der Waals surface area contributed by atoms with Crippen LogP contribution in [0.15, 0.2) is 18.5 Å². The Kier molecular flexibility index (Phi) is 4.30. The summed E-state index contributed by atoms with van der Waals surface area (Å²) >= 11 is 0. The van der Waals surface area contributed by atoms with E-state index in [1.165, 1.54) is 6.20 Å². The van der Waals surface area contributed by atoms with Gasteiger partial charge in [0, 0.05) is 19.3 Å². The van der Waals surface area contributed by atoms with Gasteiger partial charge in [-0.25, -0.2) is 4.79 Å². The molecule has 2 fully saturated rings. The first-order valence-corrected chi connectivity index (χ1v) is 8.53. The Morgan fingerprint density at radius 2 is 2.16 bits per heavy atom. The van der Waals surface area contributed by atoms with Crippen LogP contribution in [0.3, 0.4) is 0 Å². The summed E-state index contributed by atoms with van der Waals surface area (Å²) in [7, 11) is 0. The van der Waals surface area contributed by atoms with Crippen molar-refractivity contribution in [3.05, 3.63) is 28.6 Å². The number of pyridine rings is 1. The second-order valence-corrected chi connectivity index (χ2v) is 7.88. The fourth-order valence-electron chi connectivity index (χ4n) is 3.45. The molecule has 0 aromatic carbocycles. The molecule has 0 bridgehead atoms. The highest BCUT2D eigenvalue weighted by molar-refractivity contribution is 5.69. The molecule has 2 aliphatic rings. The van der Waals surface area contributed by atoms with Crippen molar-refractivity contribution >= 4 is 17.5 Å². The zero-order chi connectivity index (χ0) is 18.2. The third-order valence-corrected chi connectivity index (χ3v) is 4.92. The lowest BCUT2D eigenvalue weighted by Gasteiger charge is -2.40. The summed E-state index contributed by atoms with van der Waals surface area (Å²) in [5.41, 5.74) is 0.0885. The molecule has 1 aliphatic heterocycles. The molecular weight excluding hydrogens is 324 g/mol. The largest absolute Gasteiger partial charge is 0.444 e. The maximum atomic E-state index is 12.2. The van der Waals surface area contributed by atoms with Crippen LogP contribution in [0.2, 0.25) is 0 Å². The fraction of sp³-hybridized carbons (Fsp3) is 0.647. The van der Waals surface area contributed by atoms with E-state index in [9.17, 15) is 14.9 Å². The van der Waals surface area contributed by atoms with E-state index in [0.717, 1.165) is 25.8 Å². The summed E-state index contributed by atoms with van der Waals surface area (Å²) in [6.07, 6.45) is 5.43. The molecule has 25 heavy (non-hydrogen) atoms. The van der Waals surface area contributed by atoms with Gasteiger partial charge in [-0.2, -0.15) is 0 Å². The van der Waals surface area contributed by atoms with Crippen molar-refractivity contribution in [2.24, 2.45) is 5.41 Å². The molecule has 1 aromatic heterocycles. The minimum absolute atomic E-state index is 0.00901. The van der Waals surface area contributed by atoms with Gasteiger partial charge in [0.15, 0.2) is 0 Å². The number of nitrogens with zero attached hydrogens (tertiary/aromatic N) is 3. The molecule has 8 heteroatoms. The number of nitro groups is 1. The van der Waals surface area contributed by atoms with E-state index < -0.39 is 16.6 Å². The topological polar surface area (TPSA) is 97.6 Å². The van der Waals surface area contributed by atoms with Crippen molar-refractivity contribution < 1.29 is 14.5 Å². The lowest BCUT2D eigenvalue weighted by molar-refractivity contribution is -0.384. The summed E-state index contributed by atoms with van der Waals surface area (Å²) in [5.74, 6) is 0. The molecule has 2 heterocycles. The molecule has 8 nitrogen and oxygen atoms in total. The fourth-order valence-corrected chi connectivity index (χ4v) is 3.45. The summed E-state index contributed by atoms with van der Waals surface area (Å²) < 4.78 is 5.38. The van der Waals surface area contributed by atoms with Gasteiger partial charge < -0.3 is 15.0 Å². The molecule has 0 unspecified atom stereocenters. The standard InChI is InChI=1S/C17H24N4O4/c1-16(2,3)25-15(22)19-14-11-20(9-7-17(14)5-6-17)12-4-8-18-10-13(12)21(23)24/h4,8,10,14H,5-7,9,11H2,1-3H3,(H,19,22)/t14-/m1/s1. The predicted molar refractivity (Wildman–Crippen MR) is 92.5 cm³/mol. The average Bonchev–Trinajstić information content (AvgIpc) is 3.28. The summed E-state index contributed by atoms with van der Waals surface area (Å²) in [4.78, 5) is 28.9. The van der Waals surface area contributed by atoms with Crippen LogP contribution in [0.5, 0.6) is 0 Å². The molecule has 1 N–H and O–H groups in total. The number of piperidine rings is 1. The van der Waals surface area contributed by atoms with E-state index in [-0.39, 0.29) is 17.1 Å². The maximum absolute atomic E-state index is 12.2. The van der Waals surface area contributed by atoms with Gasteiger partial charge in [0.2, 0.25) is 0 Å². The quantitative estimate of drug-likeness (QED) is 0.666. The van der Waals surface area contributed by atoms with Crippen molar-refractivity contribution in [1.82, 2.24) is 10.3 Å². The Hall–Kier alpha value is -2.38.